The molecule has 2 aliphatic rings. The second-order valence-corrected chi connectivity index (χ2v) is 11.1. The van der Waals surface area contributed by atoms with Crippen molar-refractivity contribution in [2.24, 2.45) is 11.3 Å². The van der Waals surface area contributed by atoms with Crippen molar-refractivity contribution < 1.29 is 14.3 Å². The fourth-order valence-electron chi connectivity index (χ4n) is 4.32. The molecule has 0 aromatic carbocycles. The molecule has 2 atom stereocenters. The molecule has 1 aromatic rings. The Hall–Kier alpha value is -1.44. The van der Waals surface area contributed by atoms with Crippen LogP contribution in [0.3, 0.4) is 0 Å². The van der Waals surface area contributed by atoms with Crippen LogP contribution in [0.25, 0.3) is 0 Å². The first-order valence-electron chi connectivity index (χ1n) is 11.1. The minimum absolute atomic E-state index is 0.0321. The van der Waals surface area contributed by atoms with Gasteiger partial charge < -0.3 is 15.0 Å². The maximum Gasteiger partial charge on any atom is 0.264 e. The van der Waals surface area contributed by atoms with Crippen LogP contribution in [-0.4, -0.2) is 66.5 Å². The fraction of sp³-hybridized carbons (Fsp3) is 0.739. The van der Waals surface area contributed by atoms with Gasteiger partial charge in [-0.05, 0) is 51.2 Å². The zero-order valence-electron chi connectivity index (χ0n) is 19.3. The first-order chi connectivity index (χ1) is 14.0. The number of amides is 2. The van der Waals surface area contributed by atoms with E-state index < -0.39 is 5.41 Å². The number of carbonyl (C=O) groups is 2. The molecule has 3 heterocycles. The normalized spacial score (nSPS) is 24.1. The average Bonchev–Trinajstić information content (AvgIpc) is 3.00. The topological polar surface area (TPSA) is 61.9 Å². The lowest BCUT2D eigenvalue weighted by Gasteiger charge is -2.39. The van der Waals surface area contributed by atoms with E-state index in [1.807, 2.05) is 38.7 Å². The minimum Gasteiger partial charge on any atom is -0.373 e. The fourth-order valence-corrected chi connectivity index (χ4v) is 5.35. The van der Waals surface area contributed by atoms with Crippen LogP contribution in [-0.2, 0) is 9.53 Å². The van der Waals surface area contributed by atoms with E-state index in [0.717, 1.165) is 61.0 Å². The van der Waals surface area contributed by atoms with Crippen LogP contribution in [0.2, 0.25) is 0 Å². The summed E-state index contributed by atoms with van der Waals surface area (Å²) >= 11 is 1.39. The van der Waals surface area contributed by atoms with E-state index in [-0.39, 0.29) is 11.8 Å². The molecule has 1 aromatic heterocycles. The van der Waals surface area contributed by atoms with Gasteiger partial charge in [0, 0.05) is 38.1 Å². The summed E-state index contributed by atoms with van der Waals surface area (Å²) in [5.41, 5.74) is 0.479. The maximum atomic E-state index is 13.1. The van der Waals surface area contributed by atoms with Crippen molar-refractivity contribution in [3.63, 3.8) is 0 Å². The van der Waals surface area contributed by atoms with E-state index in [9.17, 15) is 9.59 Å². The van der Waals surface area contributed by atoms with E-state index in [1.165, 1.54) is 11.3 Å². The summed E-state index contributed by atoms with van der Waals surface area (Å²) in [5, 5.41) is 3.70. The van der Waals surface area contributed by atoms with Crippen LogP contribution in [0, 0.1) is 18.3 Å². The first-order valence-corrected chi connectivity index (χ1v) is 11.9. The number of thiophene rings is 1. The van der Waals surface area contributed by atoms with E-state index >= 15 is 0 Å². The second-order valence-electron chi connectivity index (χ2n) is 10.0. The second kappa shape index (κ2) is 9.37. The summed E-state index contributed by atoms with van der Waals surface area (Å²) in [5.74, 6) is 0.703. The van der Waals surface area contributed by atoms with E-state index in [2.05, 4.69) is 24.1 Å². The number of hydrogen-bond acceptors (Lipinski definition) is 5. The molecule has 0 bridgehead atoms. The quantitative estimate of drug-likeness (QED) is 0.776. The first kappa shape index (κ1) is 23.2. The minimum atomic E-state index is -0.458. The Kier molecular flexibility index (Phi) is 7.25. The molecule has 0 radical (unpaired) electrons. The molecule has 2 unspecified atom stereocenters. The summed E-state index contributed by atoms with van der Waals surface area (Å²) in [6, 6.07) is 1.91. The van der Waals surface area contributed by atoms with Crippen molar-refractivity contribution >= 4 is 28.2 Å². The van der Waals surface area contributed by atoms with Gasteiger partial charge in [0.15, 0.2) is 0 Å². The summed E-state index contributed by atoms with van der Waals surface area (Å²) in [6.45, 7) is 16.6. The molecule has 2 amide bonds. The smallest absolute Gasteiger partial charge is 0.264 e. The van der Waals surface area contributed by atoms with Gasteiger partial charge in [0.1, 0.15) is 0 Å². The van der Waals surface area contributed by atoms with Gasteiger partial charge in [-0.2, -0.15) is 0 Å². The molecule has 2 aliphatic heterocycles. The van der Waals surface area contributed by atoms with Gasteiger partial charge in [-0.1, -0.05) is 20.8 Å². The van der Waals surface area contributed by atoms with Crippen LogP contribution in [0.4, 0.5) is 5.00 Å². The van der Waals surface area contributed by atoms with Gasteiger partial charge in [0.05, 0.1) is 22.1 Å². The number of carbonyl (C=O) groups excluding carboxylic acids is 2. The van der Waals surface area contributed by atoms with Crippen LogP contribution in [0.15, 0.2) is 6.07 Å². The molecule has 0 aliphatic carbocycles. The Balaban J connectivity index is 1.53. The standard InChI is InChI=1S/C23H37N3O3S/c1-15-11-19(24-22(28)23(4,5)6)30-20(15)21(27)26-9-7-18(8-10-26)14-25-12-16(2)29-17(3)13-25/h11,16-18H,7-10,12-14H2,1-6H3,(H,24,28). The molecule has 0 saturated carbocycles. The zero-order valence-corrected chi connectivity index (χ0v) is 20.1. The van der Waals surface area contributed by atoms with Crippen molar-refractivity contribution in [1.29, 1.82) is 0 Å². The van der Waals surface area contributed by atoms with E-state index in [4.69, 9.17) is 4.74 Å². The Morgan fingerprint density at radius 3 is 2.33 bits per heavy atom. The number of nitrogens with one attached hydrogen (secondary N) is 1. The molecular weight excluding hydrogens is 398 g/mol. The Morgan fingerprint density at radius 1 is 1.17 bits per heavy atom. The van der Waals surface area contributed by atoms with Gasteiger partial charge in [-0.15, -0.1) is 11.3 Å². The lowest BCUT2D eigenvalue weighted by Crippen LogP contribution is -2.48. The van der Waals surface area contributed by atoms with Gasteiger partial charge in [0.2, 0.25) is 5.91 Å². The molecule has 1 N–H and O–H groups in total. The van der Waals surface area contributed by atoms with Gasteiger partial charge >= 0.3 is 0 Å². The third kappa shape index (κ3) is 5.83. The van der Waals surface area contributed by atoms with Crippen molar-refractivity contribution in [2.45, 2.75) is 66.6 Å². The van der Waals surface area contributed by atoms with Crippen molar-refractivity contribution in [3.8, 4) is 0 Å². The predicted molar refractivity (Wildman–Crippen MR) is 122 cm³/mol. The van der Waals surface area contributed by atoms with E-state index in [1.54, 1.807) is 0 Å². The highest BCUT2D eigenvalue weighted by molar-refractivity contribution is 7.18. The van der Waals surface area contributed by atoms with Crippen molar-refractivity contribution in [1.82, 2.24) is 9.80 Å². The van der Waals surface area contributed by atoms with Gasteiger partial charge in [-0.3, -0.25) is 14.5 Å². The molecule has 7 heteroatoms. The molecule has 3 rings (SSSR count). The molecule has 168 valence electrons. The van der Waals surface area contributed by atoms with Crippen LogP contribution < -0.4 is 5.32 Å². The number of aryl methyl sites for hydroxylation is 1. The largest absolute Gasteiger partial charge is 0.373 e. The molecule has 30 heavy (non-hydrogen) atoms. The highest BCUT2D eigenvalue weighted by atomic mass is 32.1. The van der Waals surface area contributed by atoms with Gasteiger partial charge in [-0.25, -0.2) is 0 Å². The average molecular weight is 436 g/mol. The highest BCUT2D eigenvalue weighted by Gasteiger charge is 2.30. The third-order valence-corrected chi connectivity index (χ3v) is 7.08. The summed E-state index contributed by atoms with van der Waals surface area (Å²) < 4.78 is 5.84. The molecule has 0 spiro atoms. The van der Waals surface area contributed by atoms with E-state index in [0.29, 0.717) is 18.1 Å². The lowest BCUT2D eigenvalue weighted by atomic mass is 9.95. The molecule has 2 saturated heterocycles. The number of likely N-dealkylation sites (tertiary alicyclic amines) is 1. The maximum absolute atomic E-state index is 13.1. The highest BCUT2D eigenvalue weighted by Crippen LogP contribution is 2.31. The SMILES string of the molecule is Cc1cc(NC(=O)C(C)(C)C)sc1C(=O)N1CCC(CN2CC(C)OC(C)C2)CC1. The number of hydrogen-bond donors (Lipinski definition) is 1. The molecule has 2 fully saturated rings. The Labute approximate surface area is 185 Å². The molecule has 6 nitrogen and oxygen atoms in total. The van der Waals surface area contributed by atoms with Gasteiger partial charge in [0.25, 0.3) is 5.91 Å². The Bertz CT molecular complexity index is 752. The summed E-state index contributed by atoms with van der Waals surface area (Å²) in [6.07, 6.45) is 2.68. The number of anilines is 1. The lowest BCUT2D eigenvalue weighted by molar-refractivity contribution is -0.123. The van der Waals surface area contributed by atoms with Crippen LogP contribution >= 0.6 is 11.3 Å². The Morgan fingerprint density at radius 2 is 1.77 bits per heavy atom. The summed E-state index contributed by atoms with van der Waals surface area (Å²) in [7, 11) is 0. The van der Waals surface area contributed by atoms with Crippen LogP contribution in [0.1, 0.15) is 62.7 Å². The van der Waals surface area contributed by atoms with Crippen molar-refractivity contribution in [3.05, 3.63) is 16.5 Å². The molecular formula is C23H37N3O3S. The zero-order chi connectivity index (χ0) is 22.1. The van der Waals surface area contributed by atoms with Crippen molar-refractivity contribution in [2.75, 3.05) is 38.0 Å². The monoisotopic (exact) mass is 435 g/mol. The predicted octanol–water partition coefficient (Wildman–Crippen LogP) is 4.00. The van der Waals surface area contributed by atoms with Crippen LogP contribution in [0.5, 0.6) is 0 Å². The third-order valence-electron chi connectivity index (χ3n) is 5.94. The number of ether oxygens (including phenoxy) is 1. The summed E-state index contributed by atoms with van der Waals surface area (Å²) in [4.78, 5) is 30.6. The number of nitrogens with zero attached hydrogens (tertiary/aromatic N) is 2. The number of rotatable bonds is 4. The number of morpholine rings is 1. The number of piperidine rings is 1.